The molecule has 0 heterocycles. The molecular formula is C15H23N3O. The first-order valence-corrected chi connectivity index (χ1v) is 6.98. The van der Waals surface area contributed by atoms with Crippen LogP contribution in [0.25, 0.3) is 0 Å². The number of hydrogen-bond donors (Lipinski definition) is 2. The van der Waals surface area contributed by atoms with Crippen LogP contribution >= 0.6 is 0 Å². The molecule has 1 amide bonds. The molecule has 0 atom stereocenters. The average Bonchev–Trinajstić information content (AvgIpc) is 3.24. The van der Waals surface area contributed by atoms with Crippen LogP contribution < -0.4 is 11.1 Å². The Hall–Kier alpha value is -1.55. The maximum absolute atomic E-state index is 11.2. The van der Waals surface area contributed by atoms with Crippen molar-refractivity contribution in [3.63, 3.8) is 0 Å². The number of nitrogens with two attached hydrogens (primary N) is 1. The van der Waals surface area contributed by atoms with E-state index in [1.807, 2.05) is 18.2 Å². The summed E-state index contributed by atoms with van der Waals surface area (Å²) in [5, 5.41) is 2.66. The quantitative estimate of drug-likeness (QED) is 0.735. The van der Waals surface area contributed by atoms with E-state index in [0.717, 1.165) is 25.2 Å². The van der Waals surface area contributed by atoms with Gasteiger partial charge in [-0.1, -0.05) is 18.2 Å². The number of nitrogens with zero attached hydrogens (tertiary/aromatic N) is 1. The summed E-state index contributed by atoms with van der Waals surface area (Å²) < 4.78 is 0. The van der Waals surface area contributed by atoms with E-state index in [4.69, 9.17) is 5.73 Å². The summed E-state index contributed by atoms with van der Waals surface area (Å²) in [6.45, 7) is 1.86. The lowest BCUT2D eigenvalue weighted by molar-refractivity contribution is -0.120. The van der Waals surface area contributed by atoms with Crippen LogP contribution in [-0.2, 0) is 11.3 Å². The number of para-hydroxylation sites is 1. The molecule has 0 radical (unpaired) electrons. The number of anilines is 1. The summed E-state index contributed by atoms with van der Waals surface area (Å²) in [4.78, 5) is 13.7. The minimum absolute atomic E-state index is 0.120. The molecule has 1 aromatic rings. The fourth-order valence-corrected chi connectivity index (χ4v) is 2.30. The van der Waals surface area contributed by atoms with Crippen molar-refractivity contribution in [1.82, 2.24) is 10.2 Å². The van der Waals surface area contributed by atoms with Crippen molar-refractivity contribution in [2.75, 3.05) is 19.3 Å². The normalized spacial score (nSPS) is 14.6. The van der Waals surface area contributed by atoms with Crippen molar-refractivity contribution in [3.05, 3.63) is 29.8 Å². The van der Waals surface area contributed by atoms with Gasteiger partial charge in [0, 0.05) is 31.7 Å². The largest absolute Gasteiger partial charge is 0.398 e. The van der Waals surface area contributed by atoms with Gasteiger partial charge >= 0.3 is 0 Å². The maximum atomic E-state index is 11.2. The van der Waals surface area contributed by atoms with Crippen molar-refractivity contribution >= 4 is 11.6 Å². The summed E-state index contributed by atoms with van der Waals surface area (Å²) >= 11 is 0. The Kier molecular flexibility index (Phi) is 4.80. The second kappa shape index (κ2) is 6.57. The van der Waals surface area contributed by atoms with E-state index in [9.17, 15) is 4.79 Å². The number of nitrogen functional groups attached to an aromatic ring is 1. The number of carbonyl (C=O) groups excluding carboxylic acids is 1. The van der Waals surface area contributed by atoms with E-state index >= 15 is 0 Å². The summed E-state index contributed by atoms with van der Waals surface area (Å²) in [6, 6.07) is 8.71. The molecule has 0 aromatic heterocycles. The third-order valence-electron chi connectivity index (χ3n) is 3.62. The van der Waals surface area contributed by atoms with Crippen LogP contribution in [0.4, 0.5) is 5.69 Å². The van der Waals surface area contributed by atoms with Gasteiger partial charge in [-0.3, -0.25) is 9.69 Å². The van der Waals surface area contributed by atoms with Gasteiger partial charge in [0.25, 0.3) is 0 Å². The van der Waals surface area contributed by atoms with Gasteiger partial charge in [-0.05, 0) is 37.4 Å². The predicted molar refractivity (Wildman–Crippen MR) is 77.6 cm³/mol. The molecule has 0 saturated heterocycles. The van der Waals surface area contributed by atoms with Crippen molar-refractivity contribution in [3.8, 4) is 0 Å². The molecule has 0 spiro atoms. The first-order chi connectivity index (χ1) is 9.20. The van der Waals surface area contributed by atoms with Crippen LogP contribution in [-0.4, -0.2) is 30.4 Å². The van der Waals surface area contributed by atoms with Crippen LogP contribution in [0.15, 0.2) is 24.3 Å². The number of hydrogen-bond acceptors (Lipinski definition) is 3. The number of benzene rings is 1. The second-order valence-corrected chi connectivity index (χ2v) is 5.18. The monoisotopic (exact) mass is 261 g/mol. The molecule has 0 unspecified atom stereocenters. The molecule has 0 bridgehead atoms. The number of rotatable bonds is 7. The number of nitrogens with one attached hydrogen (secondary N) is 1. The smallest absolute Gasteiger partial charge is 0.219 e. The van der Waals surface area contributed by atoms with Gasteiger partial charge < -0.3 is 11.1 Å². The lowest BCUT2D eigenvalue weighted by atomic mass is 10.1. The molecule has 1 aromatic carbocycles. The Labute approximate surface area is 115 Å². The first kappa shape index (κ1) is 13.9. The summed E-state index contributed by atoms with van der Waals surface area (Å²) in [6.07, 6.45) is 4.05. The summed E-state index contributed by atoms with van der Waals surface area (Å²) in [7, 11) is 1.69. The maximum Gasteiger partial charge on any atom is 0.219 e. The zero-order chi connectivity index (χ0) is 13.7. The Morgan fingerprint density at radius 3 is 2.79 bits per heavy atom. The summed E-state index contributed by atoms with van der Waals surface area (Å²) in [5.41, 5.74) is 8.05. The Balaban J connectivity index is 1.86. The van der Waals surface area contributed by atoms with E-state index in [0.29, 0.717) is 12.5 Å². The van der Waals surface area contributed by atoms with Gasteiger partial charge in [0.1, 0.15) is 0 Å². The minimum Gasteiger partial charge on any atom is -0.398 e. The van der Waals surface area contributed by atoms with Crippen LogP contribution in [0.3, 0.4) is 0 Å². The Morgan fingerprint density at radius 1 is 1.42 bits per heavy atom. The SMILES string of the molecule is CNC(=O)CCCN(Cc1ccccc1N)C1CC1. The van der Waals surface area contributed by atoms with E-state index < -0.39 is 0 Å². The molecule has 1 fully saturated rings. The van der Waals surface area contributed by atoms with Gasteiger partial charge in [0.15, 0.2) is 0 Å². The predicted octanol–water partition coefficient (Wildman–Crippen LogP) is 1.76. The summed E-state index contributed by atoms with van der Waals surface area (Å²) in [5.74, 6) is 0.120. The molecule has 2 rings (SSSR count). The van der Waals surface area contributed by atoms with Gasteiger partial charge in [0.05, 0.1) is 0 Å². The van der Waals surface area contributed by atoms with Crippen molar-refractivity contribution < 1.29 is 4.79 Å². The molecule has 104 valence electrons. The van der Waals surface area contributed by atoms with Gasteiger partial charge in [-0.15, -0.1) is 0 Å². The molecule has 1 aliphatic rings. The minimum atomic E-state index is 0.120. The van der Waals surface area contributed by atoms with E-state index in [1.165, 1.54) is 18.4 Å². The van der Waals surface area contributed by atoms with Crippen molar-refractivity contribution in [2.24, 2.45) is 0 Å². The van der Waals surface area contributed by atoms with Crippen molar-refractivity contribution in [2.45, 2.75) is 38.3 Å². The molecule has 3 N–H and O–H groups in total. The van der Waals surface area contributed by atoms with Crippen LogP contribution in [0, 0.1) is 0 Å². The van der Waals surface area contributed by atoms with Crippen LogP contribution in [0.2, 0.25) is 0 Å². The van der Waals surface area contributed by atoms with E-state index in [-0.39, 0.29) is 5.91 Å². The molecule has 4 heteroatoms. The highest BCUT2D eigenvalue weighted by Gasteiger charge is 2.28. The standard InChI is InChI=1S/C15H23N3O/c1-17-15(19)7-4-10-18(13-8-9-13)11-12-5-2-3-6-14(12)16/h2-3,5-6,13H,4,7-11,16H2,1H3,(H,17,19). The number of carbonyl (C=O) groups is 1. The fraction of sp³-hybridized carbons (Fsp3) is 0.533. The van der Waals surface area contributed by atoms with Crippen molar-refractivity contribution in [1.29, 1.82) is 0 Å². The molecule has 1 saturated carbocycles. The van der Waals surface area contributed by atoms with Crippen LogP contribution in [0.5, 0.6) is 0 Å². The van der Waals surface area contributed by atoms with E-state index in [2.05, 4.69) is 16.3 Å². The van der Waals surface area contributed by atoms with Gasteiger partial charge in [-0.25, -0.2) is 0 Å². The highest BCUT2D eigenvalue weighted by atomic mass is 16.1. The van der Waals surface area contributed by atoms with Gasteiger partial charge in [-0.2, -0.15) is 0 Å². The number of amides is 1. The van der Waals surface area contributed by atoms with E-state index in [1.54, 1.807) is 7.05 Å². The fourth-order valence-electron chi connectivity index (χ4n) is 2.30. The molecule has 4 nitrogen and oxygen atoms in total. The third-order valence-corrected chi connectivity index (χ3v) is 3.62. The molecule has 19 heavy (non-hydrogen) atoms. The molecule has 0 aliphatic heterocycles. The highest BCUT2D eigenvalue weighted by molar-refractivity contribution is 5.75. The molecule has 1 aliphatic carbocycles. The lowest BCUT2D eigenvalue weighted by Gasteiger charge is -2.22. The zero-order valence-corrected chi connectivity index (χ0v) is 11.6. The van der Waals surface area contributed by atoms with Gasteiger partial charge in [0.2, 0.25) is 5.91 Å². The topological polar surface area (TPSA) is 58.4 Å². The Morgan fingerprint density at radius 2 is 2.16 bits per heavy atom. The molecular weight excluding hydrogens is 238 g/mol. The second-order valence-electron chi connectivity index (χ2n) is 5.18. The Bertz CT molecular complexity index is 429. The van der Waals surface area contributed by atoms with Crippen LogP contribution in [0.1, 0.15) is 31.2 Å². The first-order valence-electron chi connectivity index (χ1n) is 6.98. The average molecular weight is 261 g/mol. The zero-order valence-electron chi connectivity index (χ0n) is 11.6. The third kappa shape index (κ3) is 4.24. The lowest BCUT2D eigenvalue weighted by Crippen LogP contribution is -2.28. The highest BCUT2D eigenvalue weighted by Crippen LogP contribution is 2.29.